The zero-order valence-corrected chi connectivity index (χ0v) is 86.3. The maximum atomic E-state index is 15.2. The number of allylic oxidation sites excluding steroid dienone is 2. The predicted octanol–water partition coefficient (Wildman–Crippen LogP) is 35.3. The molecular weight excluding hydrogens is 1790 g/mol. The fourth-order valence-electron chi connectivity index (χ4n) is 22.8. The number of hydrogen-bond acceptors (Lipinski definition) is 10. The first-order chi connectivity index (χ1) is 66.7. The molecule has 744 valence electrons. The zero-order chi connectivity index (χ0) is 103. The topological polar surface area (TPSA) is 108 Å². The van der Waals surface area contributed by atoms with Crippen molar-refractivity contribution in [3.63, 3.8) is 0 Å². The van der Waals surface area contributed by atoms with E-state index in [4.69, 9.17) is 37.9 Å². The van der Waals surface area contributed by atoms with Gasteiger partial charge in [0.25, 0.3) is 0 Å². The van der Waals surface area contributed by atoms with Crippen LogP contribution in [0.4, 0.5) is 35.1 Å². The van der Waals surface area contributed by atoms with Crippen LogP contribution in [0.25, 0.3) is 12.2 Å². The molecule has 0 aliphatic heterocycles. The summed E-state index contributed by atoms with van der Waals surface area (Å²) in [6.45, 7) is 52.7. The standard InChI is InChI=1S/C35H36F4O3.C32H32F4O3.2C18H18O2.2C10H16/c1-17-11-18(2)31(19(3)12-17)41-33-26(36)28(38)34(29(39)27(33)37)42-32-22(6)15-25(16-23(32)7)40-30-20(4)13-24(14-21(30)5)35(8,9)10;1-15-9-17(3)28(18(4)10-15)37-23-13-21(7)30(22(8)14-23)39-32-26(35)24(33)31(25(34)27(32)36)38-29-19(5)11-16(2)12-20(29)6;2*1-5-15-6-8-16(9-7-15)18(19)20-17-13(3)10-12(2)11-14(17)4;2*1-2-9-7-4-5-8(6-7)10(9)3-1/h11-16H,1-10H3;9-14,19,29H,1-8H3;2*5-11H,1H2,2-4H3;2*7-10H,1-6H2. The van der Waals surface area contributed by atoms with Crippen LogP contribution in [0.3, 0.4) is 0 Å². The first-order valence-electron chi connectivity index (χ1n) is 49.4. The molecule has 7 aliphatic rings. The molecule has 6 fully saturated rings. The van der Waals surface area contributed by atoms with Gasteiger partial charge in [-0.1, -0.05) is 191 Å². The van der Waals surface area contributed by atoms with Crippen LogP contribution in [0.2, 0.25) is 0 Å². The highest BCUT2D eigenvalue weighted by molar-refractivity contribution is 5.92. The Bertz CT molecular complexity index is 6220. The SMILES string of the molecule is C1CC2C3CCC(C3)C2C1.C1CC2C3CCC(C3)C2C1.C=Cc1ccc(C(=O)Oc2c(C)cc(C)cc2C)cc1.C=Cc1ccc(C(=O)Oc2c(C)cc(C)cc2C)cc1.CC1=CC(C)C(Oc2c(F)c(F)c(Oc3c(C)cc(Oc4c(C)cc(C)cc4C)cc3C)c(F)c2F)C(C)=C1.Cc1cc(C)c(Oc2c(F)c(F)c(Oc3c(C)cc(Oc4c(C)cc(C(C)(C)C)cc4C)cc3C)c(F)c2F)c(C)c1. The van der Waals surface area contributed by atoms with Crippen molar-refractivity contribution in [2.45, 2.75) is 255 Å². The largest absolute Gasteiger partial charge is 0.479 e. The first-order valence-corrected chi connectivity index (χ1v) is 49.4. The van der Waals surface area contributed by atoms with Crippen LogP contribution in [0, 0.1) is 224 Å². The molecule has 0 N–H and O–H groups in total. The van der Waals surface area contributed by atoms with Gasteiger partial charge in [0, 0.05) is 5.92 Å². The Hall–Kier alpha value is -12.4. The van der Waals surface area contributed by atoms with Crippen molar-refractivity contribution < 1.29 is 82.6 Å². The Morgan fingerprint density at radius 2 is 0.567 bits per heavy atom. The fraction of sp³-hybridized carbons (Fsp3) is 0.382. The Kier molecular flexibility index (Phi) is 33.6. The normalized spacial score (nSPS) is 19.2. The van der Waals surface area contributed by atoms with Gasteiger partial charge in [0.2, 0.25) is 63.8 Å². The van der Waals surface area contributed by atoms with Gasteiger partial charge < -0.3 is 37.9 Å². The molecule has 0 aromatic heterocycles. The highest BCUT2D eigenvalue weighted by Gasteiger charge is 2.50. The number of esters is 2. The molecule has 11 aromatic carbocycles. The van der Waals surface area contributed by atoms with E-state index in [1.807, 2.05) is 157 Å². The molecule has 0 amide bonds. The van der Waals surface area contributed by atoms with Crippen LogP contribution in [0.5, 0.6) is 74.7 Å². The molecule has 10 atom stereocenters. The molecule has 0 heterocycles. The van der Waals surface area contributed by atoms with Crippen molar-refractivity contribution >= 4 is 24.1 Å². The second-order valence-corrected chi connectivity index (χ2v) is 41.5. The number of aryl methyl sites for hydroxylation is 18. The van der Waals surface area contributed by atoms with Gasteiger partial charge in [0.05, 0.1) is 11.1 Å². The van der Waals surface area contributed by atoms with E-state index in [1.165, 1.54) is 52.9 Å². The maximum absolute atomic E-state index is 15.2. The van der Waals surface area contributed by atoms with E-state index in [1.54, 1.807) is 211 Å². The molecule has 0 radical (unpaired) electrons. The lowest BCUT2D eigenvalue weighted by atomic mass is 9.82. The summed E-state index contributed by atoms with van der Waals surface area (Å²) in [5, 5.41) is 0. The minimum atomic E-state index is -1.70. The molecule has 0 saturated heterocycles. The van der Waals surface area contributed by atoms with Crippen LogP contribution < -0.4 is 37.9 Å². The number of fused-ring (bicyclic) bond motifs is 10. The van der Waals surface area contributed by atoms with E-state index in [-0.39, 0.29) is 40.5 Å². The van der Waals surface area contributed by atoms with E-state index in [0.717, 1.165) is 83.5 Å². The minimum Gasteiger partial charge on any atom is -0.479 e. The molecular formula is C123H136F8O10. The summed E-state index contributed by atoms with van der Waals surface area (Å²) in [7, 11) is 0. The van der Waals surface area contributed by atoms with Crippen LogP contribution in [0.15, 0.2) is 170 Å². The molecule has 6 saturated carbocycles. The quantitative estimate of drug-likeness (QED) is 0.0357. The van der Waals surface area contributed by atoms with Crippen molar-refractivity contribution in [1.82, 2.24) is 0 Å². The molecule has 18 rings (SSSR count). The summed E-state index contributed by atoms with van der Waals surface area (Å²) in [4.78, 5) is 24.3. The van der Waals surface area contributed by atoms with E-state index in [2.05, 4.69) is 46.1 Å². The summed E-state index contributed by atoms with van der Waals surface area (Å²) >= 11 is 0. The van der Waals surface area contributed by atoms with Gasteiger partial charge in [0.1, 0.15) is 57.8 Å². The molecule has 141 heavy (non-hydrogen) atoms. The van der Waals surface area contributed by atoms with Crippen LogP contribution in [-0.2, 0) is 5.41 Å². The van der Waals surface area contributed by atoms with Crippen molar-refractivity contribution in [1.29, 1.82) is 0 Å². The minimum absolute atomic E-state index is 0.0212. The average Bonchev–Trinajstić information content (AvgIpc) is 1.37. The molecule has 11 aromatic rings. The summed E-state index contributed by atoms with van der Waals surface area (Å²) in [5.74, 6) is -5.54. The zero-order valence-electron chi connectivity index (χ0n) is 86.3. The Morgan fingerprint density at radius 3 is 0.830 bits per heavy atom. The van der Waals surface area contributed by atoms with Crippen molar-refractivity contribution in [2.75, 3.05) is 0 Å². The van der Waals surface area contributed by atoms with Crippen LogP contribution in [0.1, 0.15) is 256 Å². The number of carbonyl (C=O) groups is 2. The van der Waals surface area contributed by atoms with Gasteiger partial charge in [-0.15, -0.1) is 0 Å². The van der Waals surface area contributed by atoms with Gasteiger partial charge >= 0.3 is 11.9 Å². The van der Waals surface area contributed by atoms with Crippen molar-refractivity contribution in [3.8, 4) is 74.7 Å². The second-order valence-electron chi connectivity index (χ2n) is 41.5. The van der Waals surface area contributed by atoms with E-state index >= 15 is 35.1 Å². The number of carbonyl (C=O) groups excluding carboxylic acids is 2. The summed E-state index contributed by atoms with van der Waals surface area (Å²) in [6, 6.07) is 40.6. The molecule has 4 bridgehead atoms. The number of rotatable bonds is 18. The third kappa shape index (κ3) is 24.3. The Morgan fingerprint density at radius 1 is 0.319 bits per heavy atom. The van der Waals surface area contributed by atoms with Crippen LogP contribution in [-0.4, -0.2) is 18.0 Å². The van der Waals surface area contributed by atoms with E-state index in [9.17, 15) is 9.59 Å². The second kappa shape index (κ2) is 44.8. The number of ether oxygens (including phenoxy) is 8. The fourth-order valence-corrected chi connectivity index (χ4v) is 22.8. The highest BCUT2D eigenvalue weighted by atomic mass is 19.2. The van der Waals surface area contributed by atoms with Gasteiger partial charge in [-0.3, -0.25) is 0 Å². The summed E-state index contributed by atoms with van der Waals surface area (Å²) < 4.78 is 166. The smallest absolute Gasteiger partial charge is 0.343 e. The Labute approximate surface area is 829 Å². The maximum Gasteiger partial charge on any atom is 0.343 e. The van der Waals surface area contributed by atoms with Gasteiger partial charge in [0.15, 0.2) is 5.75 Å². The average molecular weight is 1930 g/mol. The third-order valence-corrected chi connectivity index (χ3v) is 29.0. The summed E-state index contributed by atoms with van der Waals surface area (Å²) in [6.07, 6.45) is 25.4. The molecule has 7 aliphatic carbocycles. The van der Waals surface area contributed by atoms with Gasteiger partial charge in [-0.05, 0) is 404 Å². The first kappa shape index (κ1) is 106. The predicted molar refractivity (Wildman–Crippen MR) is 549 cm³/mol. The lowest BCUT2D eigenvalue weighted by Gasteiger charge is -2.28. The van der Waals surface area contributed by atoms with Gasteiger partial charge in [-0.2, -0.15) is 35.1 Å². The Balaban J connectivity index is 0.000000153. The summed E-state index contributed by atoms with van der Waals surface area (Å²) in [5.41, 5.74) is 20.9. The van der Waals surface area contributed by atoms with Crippen LogP contribution >= 0.6 is 0 Å². The monoisotopic (exact) mass is 1930 g/mol. The molecule has 0 spiro atoms. The lowest BCUT2D eigenvalue weighted by molar-refractivity contribution is 0.0723. The molecule has 10 nitrogen and oxygen atoms in total. The molecule has 18 heteroatoms. The number of benzene rings is 11. The van der Waals surface area contributed by atoms with Crippen molar-refractivity contribution in [3.05, 3.63) is 344 Å². The number of hydrogen-bond donors (Lipinski definition) is 0. The van der Waals surface area contributed by atoms with Crippen molar-refractivity contribution in [2.24, 2.45) is 53.3 Å². The molecule has 10 unspecified atom stereocenters. The lowest BCUT2D eigenvalue weighted by Crippen LogP contribution is -2.28. The highest BCUT2D eigenvalue weighted by Crippen LogP contribution is 2.60. The van der Waals surface area contributed by atoms with E-state index < -0.39 is 75.6 Å². The third-order valence-electron chi connectivity index (χ3n) is 29.0. The van der Waals surface area contributed by atoms with Gasteiger partial charge in [-0.25, -0.2) is 9.59 Å². The van der Waals surface area contributed by atoms with E-state index in [0.29, 0.717) is 84.6 Å². The number of halogens is 8.